The highest BCUT2D eigenvalue weighted by Crippen LogP contribution is 2.39. The van der Waals surface area contributed by atoms with Crippen molar-refractivity contribution in [1.29, 1.82) is 0 Å². The summed E-state index contributed by atoms with van der Waals surface area (Å²) >= 11 is 7.67. The molecule has 1 aromatic carbocycles. The largest absolute Gasteiger partial charge is 0.309 e. The van der Waals surface area contributed by atoms with Crippen LogP contribution in [-0.2, 0) is 11.2 Å². The second-order valence-electron chi connectivity index (χ2n) is 5.61. The topological polar surface area (TPSA) is 57.8 Å². The standard InChI is InChI=1S/C16H14ClN3OS/c17-11-3-4-14-12(6-11)10(8-22-14)5-16(21)18-15-7-13(19-20-15)9-1-2-9/h3-4,6-9H,1-2,5H2,(H2,18,19,20,21). The molecule has 112 valence electrons. The maximum Gasteiger partial charge on any atom is 0.230 e. The van der Waals surface area contributed by atoms with E-state index in [2.05, 4.69) is 15.5 Å². The van der Waals surface area contributed by atoms with E-state index >= 15 is 0 Å². The van der Waals surface area contributed by atoms with Gasteiger partial charge in [-0.3, -0.25) is 9.89 Å². The quantitative estimate of drug-likeness (QED) is 0.747. The van der Waals surface area contributed by atoms with E-state index in [1.807, 2.05) is 29.6 Å². The zero-order valence-corrected chi connectivity index (χ0v) is 13.3. The van der Waals surface area contributed by atoms with E-state index in [1.165, 1.54) is 12.8 Å². The minimum atomic E-state index is -0.0616. The third-order valence-electron chi connectivity index (χ3n) is 3.85. The smallest absolute Gasteiger partial charge is 0.230 e. The van der Waals surface area contributed by atoms with Crippen molar-refractivity contribution in [3.63, 3.8) is 0 Å². The van der Waals surface area contributed by atoms with Crippen molar-refractivity contribution in [2.45, 2.75) is 25.2 Å². The molecule has 0 unspecified atom stereocenters. The fourth-order valence-corrected chi connectivity index (χ4v) is 3.67. The van der Waals surface area contributed by atoms with E-state index in [9.17, 15) is 4.79 Å². The Balaban J connectivity index is 1.49. The first-order valence-corrected chi connectivity index (χ1v) is 8.45. The second-order valence-corrected chi connectivity index (χ2v) is 6.96. The number of rotatable bonds is 4. The lowest BCUT2D eigenvalue weighted by molar-refractivity contribution is -0.115. The zero-order valence-electron chi connectivity index (χ0n) is 11.7. The maximum atomic E-state index is 12.2. The van der Waals surface area contributed by atoms with Crippen LogP contribution in [0.2, 0.25) is 5.02 Å². The molecule has 2 aromatic heterocycles. The van der Waals surface area contributed by atoms with Gasteiger partial charge in [0.05, 0.1) is 6.42 Å². The number of hydrogen-bond donors (Lipinski definition) is 2. The summed E-state index contributed by atoms with van der Waals surface area (Å²) in [7, 11) is 0. The number of halogens is 1. The number of nitrogens with zero attached hydrogens (tertiary/aromatic N) is 1. The molecule has 1 fully saturated rings. The number of hydrogen-bond acceptors (Lipinski definition) is 3. The molecular weight excluding hydrogens is 318 g/mol. The number of aromatic nitrogens is 2. The van der Waals surface area contributed by atoms with Crippen molar-refractivity contribution in [2.24, 2.45) is 0 Å². The van der Waals surface area contributed by atoms with Crippen LogP contribution in [0.15, 0.2) is 29.6 Å². The molecule has 0 saturated heterocycles. The second kappa shape index (κ2) is 5.41. The SMILES string of the molecule is O=C(Cc1csc2ccc(Cl)cc12)Nc1cc(C2CC2)[nH]n1. The van der Waals surface area contributed by atoms with E-state index < -0.39 is 0 Å². The van der Waals surface area contributed by atoms with E-state index in [4.69, 9.17) is 11.6 Å². The Hall–Kier alpha value is -1.85. The van der Waals surface area contributed by atoms with Gasteiger partial charge < -0.3 is 5.32 Å². The lowest BCUT2D eigenvalue weighted by atomic mass is 10.1. The lowest BCUT2D eigenvalue weighted by Crippen LogP contribution is -2.14. The number of fused-ring (bicyclic) bond motifs is 1. The van der Waals surface area contributed by atoms with E-state index in [1.54, 1.807) is 11.3 Å². The predicted molar refractivity (Wildman–Crippen MR) is 89.7 cm³/mol. The van der Waals surface area contributed by atoms with Crippen LogP contribution in [0.5, 0.6) is 0 Å². The molecule has 4 rings (SSSR count). The van der Waals surface area contributed by atoms with Gasteiger partial charge in [-0.2, -0.15) is 5.10 Å². The molecule has 0 atom stereocenters. The molecule has 2 heterocycles. The molecule has 3 aromatic rings. The molecule has 0 aliphatic heterocycles. The Labute approximate surface area is 136 Å². The molecule has 0 bridgehead atoms. The van der Waals surface area contributed by atoms with Crippen LogP contribution in [0.4, 0.5) is 5.82 Å². The number of benzene rings is 1. The van der Waals surface area contributed by atoms with Gasteiger partial charge in [-0.25, -0.2) is 0 Å². The number of carbonyl (C=O) groups excluding carboxylic acids is 1. The van der Waals surface area contributed by atoms with E-state index in [0.29, 0.717) is 23.2 Å². The summed E-state index contributed by atoms with van der Waals surface area (Å²) in [5.41, 5.74) is 2.11. The van der Waals surface area contributed by atoms with Crippen LogP contribution in [0.3, 0.4) is 0 Å². The summed E-state index contributed by atoms with van der Waals surface area (Å²) in [6, 6.07) is 7.70. The first-order valence-electron chi connectivity index (χ1n) is 7.20. The minimum absolute atomic E-state index is 0.0616. The van der Waals surface area contributed by atoms with Gasteiger partial charge in [0.1, 0.15) is 0 Å². The molecule has 2 N–H and O–H groups in total. The summed E-state index contributed by atoms with van der Waals surface area (Å²) in [5.74, 6) is 1.14. The number of amides is 1. The molecule has 1 amide bonds. The lowest BCUT2D eigenvalue weighted by Gasteiger charge is -2.01. The number of H-pyrrole nitrogens is 1. The molecule has 6 heteroatoms. The Morgan fingerprint density at radius 1 is 1.41 bits per heavy atom. The highest BCUT2D eigenvalue weighted by atomic mass is 35.5. The van der Waals surface area contributed by atoms with Crippen molar-refractivity contribution in [3.8, 4) is 0 Å². The zero-order chi connectivity index (χ0) is 15.1. The third kappa shape index (κ3) is 2.74. The van der Waals surface area contributed by atoms with Crippen molar-refractivity contribution in [3.05, 3.63) is 45.9 Å². The van der Waals surface area contributed by atoms with E-state index in [0.717, 1.165) is 21.3 Å². The molecule has 0 spiro atoms. The van der Waals surface area contributed by atoms with Gasteiger partial charge in [0.2, 0.25) is 5.91 Å². The first kappa shape index (κ1) is 13.8. The molecule has 4 nitrogen and oxygen atoms in total. The van der Waals surface area contributed by atoms with Gasteiger partial charge in [-0.05, 0) is 47.4 Å². The van der Waals surface area contributed by atoms with Gasteiger partial charge in [0, 0.05) is 27.4 Å². The Morgan fingerprint density at radius 2 is 2.27 bits per heavy atom. The number of thiophene rings is 1. The molecule has 22 heavy (non-hydrogen) atoms. The van der Waals surface area contributed by atoms with Crippen LogP contribution in [-0.4, -0.2) is 16.1 Å². The first-order chi connectivity index (χ1) is 10.7. The summed E-state index contributed by atoms with van der Waals surface area (Å²) in [5, 5.41) is 13.7. The summed E-state index contributed by atoms with van der Waals surface area (Å²) < 4.78 is 1.14. The average molecular weight is 332 g/mol. The van der Waals surface area contributed by atoms with Crippen LogP contribution in [0.1, 0.15) is 30.0 Å². The molecule has 1 aliphatic rings. The maximum absolute atomic E-state index is 12.2. The molecule has 1 saturated carbocycles. The van der Waals surface area contributed by atoms with Gasteiger partial charge >= 0.3 is 0 Å². The third-order valence-corrected chi connectivity index (χ3v) is 5.10. The number of anilines is 1. The van der Waals surface area contributed by atoms with Crippen LogP contribution in [0.25, 0.3) is 10.1 Å². The summed E-state index contributed by atoms with van der Waals surface area (Å²) in [6.07, 6.45) is 2.74. The summed E-state index contributed by atoms with van der Waals surface area (Å²) in [6.45, 7) is 0. The Kier molecular flexibility index (Phi) is 3.39. The predicted octanol–water partition coefficient (Wildman–Crippen LogP) is 4.34. The van der Waals surface area contributed by atoms with Crippen molar-refractivity contribution in [2.75, 3.05) is 5.32 Å². The molecule has 0 radical (unpaired) electrons. The van der Waals surface area contributed by atoms with Gasteiger partial charge in [-0.1, -0.05) is 11.6 Å². The van der Waals surface area contributed by atoms with Crippen LogP contribution < -0.4 is 5.32 Å². The fraction of sp³-hybridized carbons (Fsp3) is 0.250. The normalized spacial score (nSPS) is 14.4. The highest BCUT2D eigenvalue weighted by Gasteiger charge is 2.25. The molecule has 1 aliphatic carbocycles. The average Bonchev–Trinajstić information content (AvgIpc) is 3.13. The molecular formula is C16H14ClN3OS. The fourth-order valence-electron chi connectivity index (χ4n) is 2.56. The van der Waals surface area contributed by atoms with Gasteiger partial charge in [0.15, 0.2) is 5.82 Å². The van der Waals surface area contributed by atoms with E-state index in [-0.39, 0.29) is 5.91 Å². The van der Waals surface area contributed by atoms with Crippen LogP contribution >= 0.6 is 22.9 Å². The number of nitrogens with one attached hydrogen (secondary N) is 2. The monoisotopic (exact) mass is 331 g/mol. The number of carbonyl (C=O) groups is 1. The Bertz CT molecular complexity index is 850. The van der Waals surface area contributed by atoms with Crippen molar-refractivity contribution >= 4 is 44.7 Å². The van der Waals surface area contributed by atoms with Crippen LogP contribution in [0, 0.1) is 0 Å². The Morgan fingerprint density at radius 3 is 3.09 bits per heavy atom. The van der Waals surface area contributed by atoms with Gasteiger partial charge in [0.25, 0.3) is 0 Å². The number of aromatic amines is 1. The minimum Gasteiger partial charge on any atom is -0.309 e. The summed E-state index contributed by atoms with van der Waals surface area (Å²) in [4.78, 5) is 12.2. The van der Waals surface area contributed by atoms with Crippen molar-refractivity contribution in [1.82, 2.24) is 10.2 Å². The van der Waals surface area contributed by atoms with Crippen molar-refractivity contribution < 1.29 is 4.79 Å². The highest BCUT2D eigenvalue weighted by molar-refractivity contribution is 7.17. The van der Waals surface area contributed by atoms with Gasteiger partial charge in [-0.15, -0.1) is 11.3 Å².